The fraction of sp³-hybridized carbons (Fsp3) is 0.500. The molecule has 0 saturated heterocycles. The highest BCUT2D eigenvalue weighted by molar-refractivity contribution is 5.92. The standard InChI is InChI=1S/C18H24N2O/c1-14-8-10-16(7-4-12-19)17(13-14)20-18(21)11-9-15-5-2-3-6-15/h8,10,13,15H,2-3,5-6,9,11-12,19H2,1H3,(H,20,21). The zero-order chi connectivity index (χ0) is 15.1. The minimum Gasteiger partial charge on any atom is -0.325 e. The van der Waals surface area contributed by atoms with Crippen molar-refractivity contribution in [2.75, 3.05) is 11.9 Å². The lowest BCUT2D eigenvalue weighted by atomic mass is 10.0. The second kappa shape index (κ2) is 7.85. The molecule has 3 N–H and O–H groups in total. The minimum atomic E-state index is 0.0864. The molecule has 1 aliphatic carbocycles. The van der Waals surface area contributed by atoms with Crippen molar-refractivity contribution in [1.82, 2.24) is 0 Å². The van der Waals surface area contributed by atoms with Crippen LogP contribution in [0.25, 0.3) is 0 Å². The molecule has 112 valence electrons. The van der Waals surface area contributed by atoms with Crippen LogP contribution in [0.4, 0.5) is 5.69 Å². The molecule has 0 spiro atoms. The summed E-state index contributed by atoms with van der Waals surface area (Å²) in [5.41, 5.74) is 8.16. The fourth-order valence-corrected chi connectivity index (χ4v) is 2.86. The molecule has 3 nitrogen and oxygen atoms in total. The van der Waals surface area contributed by atoms with Crippen LogP contribution < -0.4 is 11.1 Å². The number of nitrogens with one attached hydrogen (secondary N) is 1. The molecule has 1 aromatic rings. The number of hydrogen-bond acceptors (Lipinski definition) is 2. The van der Waals surface area contributed by atoms with Crippen LogP contribution in [0, 0.1) is 24.7 Å². The summed E-state index contributed by atoms with van der Waals surface area (Å²) >= 11 is 0. The predicted octanol–water partition coefficient (Wildman–Crippen LogP) is 3.21. The highest BCUT2D eigenvalue weighted by atomic mass is 16.1. The Morgan fingerprint density at radius 3 is 2.86 bits per heavy atom. The fourth-order valence-electron chi connectivity index (χ4n) is 2.86. The number of benzene rings is 1. The second-order valence-corrected chi connectivity index (χ2v) is 5.79. The third kappa shape index (κ3) is 4.91. The van der Waals surface area contributed by atoms with E-state index in [1.165, 1.54) is 25.7 Å². The van der Waals surface area contributed by atoms with E-state index in [-0.39, 0.29) is 5.91 Å². The van der Waals surface area contributed by atoms with Gasteiger partial charge >= 0.3 is 0 Å². The molecule has 0 aliphatic heterocycles. The van der Waals surface area contributed by atoms with Gasteiger partial charge in [0, 0.05) is 12.0 Å². The Balaban J connectivity index is 1.96. The van der Waals surface area contributed by atoms with E-state index in [1.54, 1.807) is 0 Å². The molecule has 0 atom stereocenters. The Labute approximate surface area is 127 Å². The molecule has 3 heteroatoms. The molecular weight excluding hydrogens is 260 g/mol. The maximum atomic E-state index is 12.1. The normalized spacial score (nSPS) is 14.6. The molecule has 1 aromatic carbocycles. The molecule has 0 radical (unpaired) electrons. The van der Waals surface area contributed by atoms with Gasteiger partial charge in [0.1, 0.15) is 0 Å². The van der Waals surface area contributed by atoms with Crippen LogP contribution in [0.15, 0.2) is 18.2 Å². The Morgan fingerprint density at radius 1 is 1.38 bits per heavy atom. The summed E-state index contributed by atoms with van der Waals surface area (Å²) in [4.78, 5) is 12.1. The van der Waals surface area contributed by atoms with Gasteiger partial charge in [-0.25, -0.2) is 0 Å². The first-order valence-corrected chi connectivity index (χ1v) is 7.78. The summed E-state index contributed by atoms with van der Waals surface area (Å²) in [7, 11) is 0. The summed E-state index contributed by atoms with van der Waals surface area (Å²) < 4.78 is 0. The van der Waals surface area contributed by atoms with Crippen LogP contribution in [-0.4, -0.2) is 12.5 Å². The van der Waals surface area contributed by atoms with Crippen molar-refractivity contribution in [3.63, 3.8) is 0 Å². The zero-order valence-corrected chi connectivity index (χ0v) is 12.7. The van der Waals surface area contributed by atoms with Gasteiger partial charge in [-0.1, -0.05) is 43.6 Å². The van der Waals surface area contributed by atoms with E-state index >= 15 is 0 Å². The molecule has 1 aliphatic rings. The van der Waals surface area contributed by atoms with E-state index in [4.69, 9.17) is 5.73 Å². The smallest absolute Gasteiger partial charge is 0.224 e. The summed E-state index contributed by atoms with van der Waals surface area (Å²) in [5, 5.41) is 3.00. The first kappa shape index (κ1) is 15.6. The lowest BCUT2D eigenvalue weighted by Crippen LogP contribution is -2.13. The quantitative estimate of drug-likeness (QED) is 0.834. The van der Waals surface area contributed by atoms with E-state index in [0.717, 1.165) is 29.2 Å². The summed E-state index contributed by atoms with van der Waals surface area (Å²) in [6, 6.07) is 5.90. The van der Waals surface area contributed by atoms with Crippen LogP contribution in [0.3, 0.4) is 0 Å². The van der Waals surface area contributed by atoms with Gasteiger partial charge in [0.2, 0.25) is 5.91 Å². The molecule has 0 bridgehead atoms. The molecule has 0 unspecified atom stereocenters. The van der Waals surface area contributed by atoms with Crippen molar-refractivity contribution < 1.29 is 4.79 Å². The maximum absolute atomic E-state index is 12.1. The van der Waals surface area contributed by atoms with Gasteiger partial charge in [-0.05, 0) is 37.0 Å². The minimum absolute atomic E-state index is 0.0864. The van der Waals surface area contributed by atoms with Gasteiger partial charge in [0.05, 0.1) is 12.2 Å². The van der Waals surface area contributed by atoms with Gasteiger partial charge in [-0.2, -0.15) is 0 Å². The molecule has 2 rings (SSSR count). The third-order valence-corrected chi connectivity index (χ3v) is 4.03. The summed E-state index contributed by atoms with van der Waals surface area (Å²) in [5.74, 6) is 6.68. The number of anilines is 1. The number of hydrogen-bond donors (Lipinski definition) is 2. The molecular formula is C18H24N2O. The van der Waals surface area contributed by atoms with Crippen LogP contribution in [0.2, 0.25) is 0 Å². The highest BCUT2D eigenvalue weighted by Crippen LogP contribution is 2.28. The summed E-state index contributed by atoms with van der Waals surface area (Å²) in [6.45, 7) is 2.33. The average Bonchev–Trinajstić information content (AvgIpc) is 2.98. The van der Waals surface area contributed by atoms with Gasteiger partial charge in [-0.15, -0.1) is 0 Å². The average molecular weight is 284 g/mol. The van der Waals surface area contributed by atoms with Crippen LogP contribution in [-0.2, 0) is 4.79 Å². The molecule has 1 amide bonds. The van der Waals surface area contributed by atoms with Crippen LogP contribution in [0.5, 0.6) is 0 Å². The van der Waals surface area contributed by atoms with E-state index in [9.17, 15) is 4.79 Å². The van der Waals surface area contributed by atoms with E-state index in [1.807, 2.05) is 25.1 Å². The zero-order valence-electron chi connectivity index (χ0n) is 12.7. The number of carbonyl (C=O) groups is 1. The van der Waals surface area contributed by atoms with E-state index in [0.29, 0.717) is 13.0 Å². The van der Waals surface area contributed by atoms with Gasteiger partial charge in [-0.3, -0.25) is 4.79 Å². The highest BCUT2D eigenvalue weighted by Gasteiger charge is 2.16. The Morgan fingerprint density at radius 2 is 2.14 bits per heavy atom. The Bertz CT molecular complexity index is 548. The van der Waals surface area contributed by atoms with Gasteiger partial charge in [0.15, 0.2) is 0 Å². The lowest BCUT2D eigenvalue weighted by Gasteiger charge is -2.11. The van der Waals surface area contributed by atoms with Crippen LogP contribution in [0.1, 0.15) is 49.7 Å². The number of carbonyl (C=O) groups excluding carboxylic acids is 1. The van der Waals surface area contributed by atoms with Crippen molar-refractivity contribution >= 4 is 11.6 Å². The first-order valence-electron chi connectivity index (χ1n) is 7.78. The molecule has 1 saturated carbocycles. The van der Waals surface area contributed by atoms with Crippen molar-refractivity contribution in [2.45, 2.75) is 45.4 Å². The number of amides is 1. The number of aryl methyl sites for hydroxylation is 1. The number of rotatable bonds is 4. The molecule has 0 heterocycles. The predicted molar refractivity (Wildman–Crippen MR) is 86.9 cm³/mol. The molecule has 1 fully saturated rings. The topological polar surface area (TPSA) is 55.1 Å². The summed E-state index contributed by atoms with van der Waals surface area (Å²) in [6.07, 6.45) is 6.81. The third-order valence-electron chi connectivity index (χ3n) is 4.03. The van der Waals surface area contributed by atoms with Gasteiger partial charge < -0.3 is 11.1 Å². The second-order valence-electron chi connectivity index (χ2n) is 5.79. The maximum Gasteiger partial charge on any atom is 0.224 e. The van der Waals surface area contributed by atoms with E-state index in [2.05, 4.69) is 17.2 Å². The van der Waals surface area contributed by atoms with Crippen molar-refractivity contribution in [3.8, 4) is 11.8 Å². The van der Waals surface area contributed by atoms with Crippen LogP contribution >= 0.6 is 0 Å². The Hall–Kier alpha value is -1.79. The SMILES string of the molecule is Cc1ccc(C#CCN)c(NC(=O)CCC2CCCC2)c1. The monoisotopic (exact) mass is 284 g/mol. The molecule has 0 aromatic heterocycles. The van der Waals surface area contributed by atoms with Gasteiger partial charge in [0.25, 0.3) is 0 Å². The van der Waals surface area contributed by atoms with Crippen molar-refractivity contribution in [2.24, 2.45) is 11.7 Å². The molecule has 21 heavy (non-hydrogen) atoms. The number of nitrogens with two attached hydrogens (primary N) is 1. The van der Waals surface area contributed by atoms with E-state index < -0.39 is 0 Å². The van der Waals surface area contributed by atoms with Crippen molar-refractivity contribution in [3.05, 3.63) is 29.3 Å². The van der Waals surface area contributed by atoms with Crippen molar-refractivity contribution in [1.29, 1.82) is 0 Å². The lowest BCUT2D eigenvalue weighted by molar-refractivity contribution is -0.116. The largest absolute Gasteiger partial charge is 0.325 e. The Kier molecular flexibility index (Phi) is 5.83. The first-order chi connectivity index (χ1) is 10.2.